The van der Waals surface area contributed by atoms with Crippen LogP contribution < -0.4 is 0 Å². The fourth-order valence-corrected chi connectivity index (χ4v) is 1.56. The van der Waals surface area contributed by atoms with Crippen molar-refractivity contribution in [2.24, 2.45) is 0 Å². The number of rotatable bonds is 1. The van der Waals surface area contributed by atoms with Crippen LogP contribution in [-0.2, 0) is 4.74 Å². The van der Waals surface area contributed by atoms with Gasteiger partial charge in [0.05, 0.1) is 12.2 Å². The fraction of sp³-hybridized carbons (Fsp3) is 1.00. The predicted molar refractivity (Wildman–Crippen MR) is 42.0 cm³/mol. The van der Waals surface area contributed by atoms with E-state index < -0.39 is 0 Å². The number of hydrogen-bond donors (Lipinski definition) is 0. The summed E-state index contributed by atoms with van der Waals surface area (Å²) >= 11 is 3.50. The van der Waals surface area contributed by atoms with E-state index in [-0.39, 0.29) is 0 Å². The highest BCUT2D eigenvalue weighted by molar-refractivity contribution is 9.09. The molecule has 0 radical (unpaired) electrons. The highest BCUT2D eigenvalue weighted by Gasteiger charge is 2.24. The number of ether oxygens (including phenoxy) is 1. The van der Waals surface area contributed by atoms with E-state index in [0.29, 0.717) is 17.0 Å². The lowest BCUT2D eigenvalue weighted by atomic mass is 10.2. The molecule has 0 aliphatic carbocycles. The lowest BCUT2D eigenvalue weighted by Gasteiger charge is -2.12. The molecule has 2 heteroatoms. The van der Waals surface area contributed by atoms with Crippen LogP contribution >= 0.6 is 15.9 Å². The zero-order valence-corrected chi connectivity index (χ0v) is 7.52. The molecule has 1 fully saturated rings. The van der Waals surface area contributed by atoms with Crippen molar-refractivity contribution < 1.29 is 4.74 Å². The number of alkyl halides is 1. The summed E-state index contributed by atoms with van der Waals surface area (Å²) in [4.78, 5) is 0.516. The van der Waals surface area contributed by atoms with Crippen LogP contribution in [0.1, 0.15) is 26.7 Å². The van der Waals surface area contributed by atoms with E-state index in [9.17, 15) is 0 Å². The topological polar surface area (TPSA) is 9.23 Å². The monoisotopic (exact) mass is 192 g/mol. The summed E-state index contributed by atoms with van der Waals surface area (Å²) in [6.45, 7) is 4.28. The second kappa shape index (κ2) is 3.02. The Morgan fingerprint density at radius 2 is 2.22 bits per heavy atom. The first kappa shape index (κ1) is 7.55. The van der Waals surface area contributed by atoms with E-state index in [1.807, 2.05) is 0 Å². The average Bonchev–Trinajstić information content (AvgIpc) is 2.14. The molecule has 3 atom stereocenters. The third-order valence-corrected chi connectivity index (χ3v) is 2.37. The molecule has 54 valence electrons. The molecule has 0 bridgehead atoms. The SMILES string of the molecule is CC1CCC(C(C)Br)O1. The van der Waals surface area contributed by atoms with Crippen molar-refractivity contribution in [3.8, 4) is 0 Å². The lowest BCUT2D eigenvalue weighted by Crippen LogP contribution is -2.17. The molecule has 1 rings (SSSR count). The van der Waals surface area contributed by atoms with Crippen molar-refractivity contribution in [2.45, 2.75) is 43.7 Å². The molecule has 0 aromatic carbocycles. The maximum absolute atomic E-state index is 5.58. The third kappa shape index (κ3) is 1.94. The molecular weight excluding hydrogens is 180 g/mol. The summed E-state index contributed by atoms with van der Waals surface area (Å²) in [6, 6.07) is 0. The van der Waals surface area contributed by atoms with Gasteiger partial charge in [-0.05, 0) is 19.8 Å². The van der Waals surface area contributed by atoms with E-state index in [1.54, 1.807) is 0 Å². The standard InChI is InChI=1S/C7H13BrO/c1-5-3-4-7(9-5)6(2)8/h5-7H,3-4H2,1-2H3. The normalized spacial score (nSPS) is 39.0. The molecule has 1 nitrogen and oxygen atoms in total. The summed E-state index contributed by atoms with van der Waals surface area (Å²) in [6.07, 6.45) is 3.38. The fourth-order valence-electron chi connectivity index (χ4n) is 1.17. The Balaban J connectivity index is 2.30. The average molecular weight is 193 g/mol. The Morgan fingerprint density at radius 3 is 2.44 bits per heavy atom. The number of hydrogen-bond acceptors (Lipinski definition) is 1. The van der Waals surface area contributed by atoms with E-state index >= 15 is 0 Å². The van der Waals surface area contributed by atoms with Crippen molar-refractivity contribution in [3.63, 3.8) is 0 Å². The molecule has 3 unspecified atom stereocenters. The minimum Gasteiger partial charge on any atom is -0.374 e. The summed E-state index contributed by atoms with van der Waals surface area (Å²) < 4.78 is 5.58. The van der Waals surface area contributed by atoms with Crippen molar-refractivity contribution in [1.82, 2.24) is 0 Å². The highest BCUT2D eigenvalue weighted by Crippen LogP contribution is 2.24. The lowest BCUT2D eigenvalue weighted by molar-refractivity contribution is 0.0582. The van der Waals surface area contributed by atoms with Gasteiger partial charge in [-0.15, -0.1) is 0 Å². The van der Waals surface area contributed by atoms with Crippen LogP contribution in [0, 0.1) is 0 Å². The first-order chi connectivity index (χ1) is 4.20. The maximum atomic E-state index is 5.58. The van der Waals surface area contributed by atoms with Crippen molar-refractivity contribution >= 4 is 15.9 Å². The molecule has 0 saturated carbocycles. The zero-order chi connectivity index (χ0) is 6.85. The summed E-state index contributed by atoms with van der Waals surface area (Å²) in [7, 11) is 0. The van der Waals surface area contributed by atoms with Gasteiger partial charge in [0.2, 0.25) is 0 Å². The largest absolute Gasteiger partial charge is 0.374 e. The van der Waals surface area contributed by atoms with Gasteiger partial charge in [0, 0.05) is 4.83 Å². The van der Waals surface area contributed by atoms with E-state index in [4.69, 9.17) is 4.74 Å². The second-order valence-electron chi connectivity index (χ2n) is 2.74. The molecule has 0 N–H and O–H groups in total. The van der Waals surface area contributed by atoms with Gasteiger partial charge in [0.15, 0.2) is 0 Å². The quantitative estimate of drug-likeness (QED) is 0.580. The van der Waals surface area contributed by atoms with Gasteiger partial charge in [-0.1, -0.05) is 22.9 Å². The molecule has 0 spiro atoms. The minimum absolute atomic E-state index is 0.458. The summed E-state index contributed by atoms with van der Waals surface area (Å²) in [5.74, 6) is 0. The van der Waals surface area contributed by atoms with E-state index in [1.165, 1.54) is 12.8 Å². The van der Waals surface area contributed by atoms with Crippen molar-refractivity contribution in [3.05, 3.63) is 0 Å². The Labute approximate surface area is 64.9 Å². The molecule has 9 heavy (non-hydrogen) atoms. The van der Waals surface area contributed by atoms with Gasteiger partial charge >= 0.3 is 0 Å². The molecule has 1 heterocycles. The number of halogens is 1. The van der Waals surface area contributed by atoms with Gasteiger partial charge < -0.3 is 4.74 Å². The van der Waals surface area contributed by atoms with Crippen LogP contribution in [0.5, 0.6) is 0 Å². The molecule has 1 saturated heterocycles. The molecule has 0 amide bonds. The minimum atomic E-state index is 0.458. The van der Waals surface area contributed by atoms with E-state index in [0.717, 1.165) is 0 Å². The van der Waals surface area contributed by atoms with Crippen LogP contribution in [0.2, 0.25) is 0 Å². The van der Waals surface area contributed by atoms with Crippen molar-refractivity contribution in [2.75, 3.05) is 0 Å². The highest BCUT2D eigenvalue weighted by atomic mass is 79.9. The van der Waals surface area contributed by atoms with Gasteiger partial charge in [0.25, 0.3) is 0 Å². The maximum Gasteiger partial charge on any atom is 0.0701 e. The molecule has 0 aromatic heterocycles. The summed E-state index contributed by atoms with van der Waals surface area (Å²) in [5.41, 5.74) is 0. The van der Waals surface area contributed by atoms with E-state index in [2.05, 4.69) is 29.8 Å². The molecule has 1 aliphatic heterocycles. The van der Waals surface area contributed by atoms with Crippen LogP contribution in [0.4, 0.5) is 0 Å². The predicted octanol–water partition coefficient (Wildman–Crippen LogP) is 2.34. The van der Waals surface area contributed by atoms with Crippen molar-refractivity contribution in [1.29, 1.82) is 0 Å². The Bertz CT molecular complexity index is 92.9. The molecular formula is C7H13BrO. The first-order valence-corrected chi connectivity index (χ1v) is 4.41. The first-order valence-electron chi connectivity index (χ1n) is 3.49. The van der Waals surface area contributed by atoms with Gasteiger partial charge in [-0.25, -0.2) is 0 Å². The smallest absolute Gasteiger partial charge is 0.0701 e. The van der Waals surface area contributed by atoms with Crippen LogP contribution in [0.15, 0.2) is 0 Å². The Hall–Kier alpha value is 0.440. The zero-order valence-electron chi connectivity index (χ0n) is 5.93. The van der Waals surface area contributed by atoms with Crippen LogP contribution in [-0.4, -0.2) is 17.0 Å². The third-order valence-electron chi connectivity index (χ3n) is 1.78. The van der Waals surface area contributed by atoms with Gasteiger partial charge in [-0.3, -0.25) is 0 Å². The second-order valence-corrected chi connectivity index (χ2v) is 4.18. The Kier molecular flexibility index (Phi) is 2.53. The summed E-state index contributed by atoms with van der Waals surface area (Å²) in [5, 5.41) is 0. The van der Waals surface area contributed by atoms with Crippen LogP contribution in [0.25, 0.3) is 0 Å². The molecule has 1 aliphatic rings. The Morgan fingerprint density at radius 1 is 1.56 bits per heavy atom. The van der Waals surface area contributed by atoms with Crippen LogP contribution in [0.3, 0.4) is 0 Å². The van der Waals surface area contributed by atoms with Gasteiger partial charge in [0.1, 0.15) is 0 Å². The van der Waals surface area contributed by atoms with Gasteiger partial charge in [-0.2, -0.15) is 0 Å². The molecule has 0 aromatic rings.